The van der Waals surface area contributed by atoms with Crippen LogP contribution in [-0.4, -0.2) is 29.8 Å². The molecule has 25 heavy (non-hydrogen) atoms. The van der Waals surface area contributed by atoms with Crippen molar-refractivity contribution in [2.24, 2.45) is 0 Å². The average Bonchev–Trinajstić information content (AvgIpc) is 2.60. The van der Waals surface area contributed by atoms with Crippen molar-refractivity contribution in [3.63, 3.8) is 0 Å². The van der Waals surface area contributed by atoms with Crippen LogP contribution in [0.5, 0.6) is 11.5 Å². The van der Waals surface area contributed by atoms with Crippen molar-refractivity contribution in [2.45, 2.75) is 25.7 Å². The van der Waals surface area contributed by atoms with Gasteiger partial charge in [0.1, 0.15) is 11.5 Å². The van der Waals surface area contributed by atoms with Crippen LogP contribution in [0.1, 0.15) is 36.8 Å². The van der Waals surface area contributed by atoms with Gasteiger partial charge in [0.15, 0.2) is 0 Å². The minimum atomic E-state index is -0.905. The van der Waals surface area contributed by atoms with Gasteiger partial charge >= 0.3 is 19.6 Å². The Kier molecular flexibility index (Phi) is 6.06. The summed E-state index contributed by atoms with van der Waals surface area (Å²) in [5, 5.41) is 18.1. The standard InChI is InChI=1S/C18H19BO6/c1-11(17(20)21)13-5-3-7-15(9-13)24-19-25-16-8-4-6-14(10-16)12(2)18(22)23/h3-12,19H,1-2H3,(H,20,21)(H,22,23). The van der Waals surface area contributed by atoms with Gasteiger partial charge in [0.2, 0.25) is 0 Å². The number of carboxylic acids is 2. The molecule has 0 aliphatic carbocycles. The van der Waals surface area contributed by atoms with Crippen LogP contribution in [0.4, 0.5) is 0 Å². The summed E-state index contributed by atoms with van der Waals surface area (Å²) in [6.07, 6.45) is 0. The lowest BCUT2D eigenvalue weighted by atomic mass is 10.0. The van der Waals surface area contributed by atoms with E-state index in [1.54, 1.807) is 62.4 Å². The number of aliphatic carboxylic acids is 2. The third-order valence-electron chi connectivity index (χ3n) is 3.91. The van der Waals surface area contributed by atoms with Gasteiger partial charge in [-0.2, -0.15) is 0 Å². The van der Waals surface area contributed by atoms with Gasteiger partial charge in [-0.3, -0.25) is 9.59 Å². The Morgan fingerprint density at radius 1 is 0.840 bits per heavy atom. The van der Waals surface area contributed by atoms with Gasteiger partial charge in [-0.15, -0.1) is 0 Å². The fourth-order valence-electron chi connectivity index (χ4n) is 2.20. The molecule has 2 N–H and O–H groups in total. The molecule has 0 heterocycles. The van der Waals surface area contributed by atoms with E-state index < -0.39 is 23.8 Å². The summed E-state index contributed by atoms with van der Waals surface area (Å²) >= 11 is 0. The van der Waals surface area contributed by atoms with Crippen molar-refractivity contribution < 1.29 is 29.1 Å². The molecular formula is C18H19BO6. The maximum Gasteiger partial charge on any atom is 0.576 e. The summed E-state index contributed by atoms with van der Waals surface area (Å²) in [5.74, 6) is -2.06. The Morgan fingerprint density at radius 3 is 1.60 bits per heavy atom. The highest BCUT2D eigenvalue weighted by atomic mass is 16.6. The minimum Gasteiger partial charge on any atom is -0.529 e. The summed E-state index contributed by atoms with van der Waals surface area (Å²) in [6.45, 7) is 3.21. The van der Waals surface area contributed by atoms with Crippen molar-refractivity contribution in [2.75, 3.05) is 0 Å². The fraction of sp³-hybridized carbons (Fsp3) is 0.222. The first-order valence-electron chi connectivity index (χ1n) is 7.79. The average molecular weight is 342 g/mol. The maximum atomic E-state index is 11.0. The Labute approximate surface area is 146 Å². The zero-order valence-corrected chi connectivity index (χ0v) is 14.0. The molecule has 0 radical (unpaired) electrons. The summed E-state index contributed by atoms with van der Waals surface area (Å²) in [5.41, 5.74) is 1.28. The van der Waals surface area contributed by atoms with Gasteiger partial charge in [0.25, 0.3) is 0 Å². The van der Waals surface area contributed by atoms with Crippen molar-refractivity contribution in [1.82, 2.24) is 0 Å². The Balaban J connectivity index is 1.97. The molecule has 0 aromatic heterocycles. The lowest BCUT2D eigenvalue weighted by molar-refractivity contribution is -0.139. The lowest BCUT2D eigenvalue weighted by Gasteiger charge is -2.12. The van der Waals surface area contributed by atoms with Gasteiger partial charge in [-0.05, 0) is 49.2 Å². The molecule has 2 aromatic rings. The van der Waals surface area contributed by atoms with Crippen molar-refractivity contribution in [1.29, 1.82) is 0 Å². The van der Waals surface area contributed by atoms with Gasteiger partial charge in [-0.1, -0.05) is 24.3 Å². The molecule has 0 spiro atoms. The number of rotatable bonds is 8. The summed E-state index contributed by atoms with van der Waals surface area (Å²) in [4.78, 5) is 22.1. The minimum absolute atomic E-state index is 0.0736. The van der Waals surface area contributed by atoms with Gasteiger partial charge < -0.3 is 19.5 Å². The Morgan fingerprint density at radius 2 is 1.24 bits per heavy atom. The molecule has 0 amide bonds. The molecule has 2 aromatic carbocycles. The van der Waals surface area contributed by atoms with Crippen LogP contribution < -0.4 is 9.31 Å². The first-order valence-corrected chi connectivity index (χ1v) is 7.79. The Hall–Kier alpha value is -2.96. The molecule has 0 saturated carbocycles. The zero-order valence-electron chi connectivity index (χ0n) is 14.0. The van der Waals surface area contributed by atoms with Crippen LogP contribution in [-0.2, 0) is 9.59 Å². The van der Waals surface area contributed by atoms with Crippen LogP contribution in [0.15, 0.2) is 48.5 Å². The molecule has 2 atom stereocenters. The number of hydrogen-bond donors (Lipinski definition) is 2. The second kappa shape index (κ2) is 8.23. The predicted molar refractivity (Wildman–Crippen MR) is 93.4 cm³/mol. The van der Waals surface area contributed by atoms with E-state index in [1.807, 2.05) is 0 Å². The van der Waals surface area contributed by atoms with Crippen molar-refractivity contribution in [3.05, 3.63) is 59.7 Å². The lowest BCUT2D eigenvalue weighted by Crippen LogP contribution is -2.13. The monoisotopic (exact) mass is 342 g/mol. The van der Waals surface area contributed by atoms with E-state index in [-0.39, 0.29) is 7.69 Å². The smallest absolute Gasteiger partial charge is 0.529 e. The zero-order chi connectivity index (χ0) is 18.4. The molecule has 0 bridgehead atoms. The third kappa shape index (κ3) is 5.01. The van der Waals surface area contributed by atoms with Crippen LogP contribution in [0.2, 0.25) is 0 Å². The van der Waals surface area contributed by atoms with Crippen LogP contribution in [0.25, 0.3) is 0 Å². The number of hydrogen-bond acceptors (Lipinski definition) is 4. The summed E-state index contributed by atoms with van der Waals surface area (Å²) in [6, 6.07) is 13.6. The molecule has 2 unspecified atom stereocenters. The number of carbonyl (C=O) groups is 2. The second-order valence-corrected chi connectivity index (χ2v) is 5.67. The number of carboxylic acid groups (broad SMARTS) is 2. The highest BCUT2D eigenvalue weighted by Gasteiger charge is 2.15. The van der Waals surface area contributed by atoms with Crippen molar-refractivity contribution >= 4 is 19.6 Å². The molecule has 0 saturated heterocycles. The van der Waals surface area contributed by atoms with Crippen LogP contribution >= 0.6 is 0 Å². The van der Waals surface area contributed by atoms with E-state index in [4.69, 9.17) is 19.5 Å². The topological polar surface area (TPSA) is 93.1 Å². The molecular weight excluding hydrogens is 323 g/mol. The third-order valence-corrected chi connectivity index (χ3v) is 3.91. The van der Waals surface area contributed by atoms with Gasteiger partial charge in [-0.25, -0.2) is 0 Å². The van der Waals surface area contributed by atoms with Gasteiger partial charge in [0, 0.05) is 0 Å². The van der Waals surface area contributed by atoms with Crippen LogP contribution in [0.3, 0.4) is 0 Å². The predicted octanol–water partition coefficient (Wildman–Crippen LogP) is 2.79. The van der Waals surface area contributed by atoms with E-state index >= 15 is 0 Å². The van der Waals surface area contributed by atoms with Gasteiger partial charge in [0.05, 0.1) is 11.8 Å². The van der Waals surface area contributed by atoms with E-state index in [0.29, 0.717) is 22.6 Å². The fourth-order valence-corrected chi connectivity index (χ4v) is 2.20. The SMILES string of the molecule is CC(C(=O)O)c1cccc(OBOc2cccc(C(C)C(=O)O)c2)c1. The molecule has 0 aliphatic heterocycles. The highest BCUT2D eigenvalue weighted by molar-refractivity contribution is 6.20. The normalized spacial score (nSPS) is 12.7. The number of benzene rings is 2. The quantitative estimate of drug-likeness (QED) is 0.717. The van der Waals surface area contributed by atoms with Crippen molar-refractivity contribution in [3.8, 4) is 11.5 Å². The molecule has 2 rings (SSSR count). The van der Waals surface area contributed by atoms with Crippen LogP contribution in [0, 0.1) is 0 Å². The highest BCUT2D eigenvalue weighted by Crippen LogP contribution is 2.22. The molecule has 0 aliphatic rings. The maximum absolute atomic E-state index is 11.0. The largest absolute Gasteiger partial charge is 0.576 e. The Bertz CT molecular complexity index is 697. The van der Waals surface area contributed by atoms with E-state index in [1.165, 1.54) is 0 Å². The summed E-state index contributed by atoms with van der Waals surface area (Å²) < 4.78 is 11.0. The molecule has 7 heteroatoms. The van der Waals surface area contributed by atoms with E-state index in [0.717, 1.165) is 0 Å². The summed E-state index contributed by atoms with van der Waals surface area (Å²) in [7, 11) is -0.0736. The molecule has 130 valence electrons. The van der Waals surface area contributed by atoms with E-state index in [9.17, 15) is 9.59 Å². The van der Waals surface area contributed by atoms with E-state index in [2.05, 4.69) is 0 Å². The first kappa shape index (κ1) is 18.4. The molecule has 6 nitrogen and oxygen atoms in total. The molecule has 0 fully saturated rings. The first-order chi connectivity index (χ1) is 11.9. The second-order valence-electron chi connectivity index (χ2n) is 5.67.